The fourth-order valence-electron chi connectivity index (χ4n) is 2.50. The molecule has 0 aliphatic heterocycles. The van der Waals surface area contributed by atoms with Gasteiger partial charge in [0.05, 0.1) is 15.1 Å². The summed E-state index contributed by atoms with van der Waals surface area (Å²) >= 11 is 17.8. The Kier molecular flexibility index (Phi) is 6.50. The van der Waals surface area contributed by atoms with Crippen molar-refractivity contribution in [2.45, 2.75) is 19.3 Å². The average molecular weight is 389 g/mol. The van der Waals surface area contributed by atoms with E-state index in [4.69, 9.17) is 34.8 Å². The van der Waals surface area contributed by atoms with Crippen LogP contribution in [0.4, 0.5) is 4.39 Å². The van der Waals surface area contributed by atoms with E-state index in [1.165, 1.54) is 18.2 Å². The molecule has 0 saturated heterocycles. The maximum Gasteiger partial charge on any atom is 0.253 e. The van der Waals surface area contributed by atoms with Crippen LogP contribution in [-0.4, -0.2) is 24.4 Å². The van der Waals surface area contributed by atoms with Gasteiger partial charge in [-0.2, -0.15) is 0 Å². The maximum absolute atomic E-state index is 13.2. The van der Waals surface area contributed by atoms with Gasteiger partial charge in [0.1, 0.15) is 5.82 Å². The van der Waals surface area contributed by atoms with E-state index < -0.39 is 5.82 Å². The van der Waals surface area contributed by atoms with Crippen molar-refractivity contribution in [2.75, 3.05) is 13.6 Å². The van der Waals surface area contributed by atoms with Crippen molar-refractivity contribution in [3.8, 4) is 0 Å². The lowest BCUT2D eigenvalue weighted by Gasteiger charge is -2.24. The van der Waals surface area contributed by atoms with E-state index in [1.54, 1.807) is 18.0 Å². The second kappa shape index (κ2) is 8.19. The normalized spacial score (nSPS) is 12.1. The predicted molar refractivity (Wildman–Crippen MR) is 97.9 cm³/mol. The van der Waals surface area contributed by atoms with Gasteiger partial charge in [0, 0.05) is 25.1 Å². The lowest BCUT2D eigenvalue weighted by molar-refractivity contribution is 0.0785. The van der Waals surface area contributed by atoms with Gasteiger partial charge in [-0.3, -0.25) is 4.79 Å². The van der Waals surface area contributed by atoms with E-state index in [9.17, 15) is 9.18 Å². The van der Waals surface area contributed by atoms with Gasteiger partial charge in [-0.15, -0.1) is 0 Å². The van der Waals surface area contributed by atoms with Crippen LogP contribution in [0.25, 0.3) is 0 Å². The van der Waals surface area contributed by atoms with Gasteiger partial charge < -0.3 is 4.90 Å². The first-order chi connectivity index (χ1) is 11.3. The van der Waals surface area contributed by atoms with Crippen LogP contribution in [0.15, 0.2) is 36.4 Å². The van der Waals surface area contributed by atoms with Crippen LogP contribution in [0.2, 0.25) is 15.1 Å². The number of nitrogens with zero attached hydrogens (tertiary/aromatic N) is 1. The Hall–Kier alpha value is -1.29. The maximum atomic E-state index is 13.2. The minimum atomic E-state index is -0.543. The number of hydrogen-bond donors (Lipinski definition) is 0. The Morgan fingerprint density at radius 1 is 1.08 bits per heavy atom. The number of benzene rings is 2. The topological polar surface area (TPSA) is 20.3 Å². The van der Waals surface area contributed by atoms with Crippen LogP contribution in [0.3, 0.4) is 0 Å². The van der Waals surface area contributed by atoms with Crippen molar-refractivity contribution in [1.82, 2.24) is 4.90 Å². The standard InChI is InChI=1S/C18H17Cl3FNO/c1-3-11(12-4-6-14(19)15(20)8-12)10-23(2)18(24)13-5-7-17(22)16(21)9-13/h4-9,11H,3,10H2,1-2H3. The lowest BCUT2D eigenvalue weighted by Crippen LogP contribution is -2.31. The number of rotatable bonds is 5. The second-order valence-corrected chi connectivity index (χ2v) is 6.81. The molecular weight excluding hydrogens is 372 g/mol. The highest BCUT2D eigenvalue weighted by molar-refractivity contribution is 6.42. The SMILES string of the molecule is CCC(CN(C)C(=O)c1ccc(F)c(Cl)c1)c1ccc(Cl)c(Cl)c1. The number of likely N-dealkylation sites (N-methyl/N-ethyl adjacent to an activating group) is 1. The van der Waals surface area contributed by atoms with E-state index >= 15 is 0 Å². The van der Waals surface area contributed by atoms with Crippen molar-refractivity contribution in [2.24, 2.45) is 0 Å². The van der Waals surface area contributed by atoms with Gasteiger partial charge in [-0.05, 0) is 42.3 Å². The predicted octanol–water partition coefficient (Wildman–Crippen LogP) is 6.05. The molecule has 24 heavy (non-hydrogen) atoms. The summed E-state index contributed by atoms with van der Waals surface area (Å²) in [5.41, 5.74) is 1.37. The zero-order valence-corrected chi connectivity index (χ0v) is 15.6. The highest BCUT2D eigenvalue weighted by atomic mass is 35.5. The molecule has 2 aromatic rings. The van der Waals surface area contributed by atoms with Crippen LogP contribution in [-0.2, 0) is 0 Å². The summed E-state index contributed by atoms with van der Waals surface area (Å²) in [4.78, 5) is 14.1. The summed E-state index contributed by atoms with van der Waals surface area (Å²) < 4.78 is 13.2. The molecule has 0 spiro atoms. The monoisotopic (exact) mass is 387 g/mol. The van der Waals surface area contributed by atoms with Gasteiger partial charge in [0.2, 0.25) is 0 Å². The third-order valence-electron chi connectivity index (χ3n) is 3.92. The van der Waals surface area contributed by atoms with E-state index in [1.807, 2.05) is 19.1 Å². The molecule has 1 atom stereocenters. The molecule has 0 N–H and O–H groups in total. The molecule has 0 aromatic heterocycles. The van der Waals surface area contributed by atoms with Crippen LogP contribution in [0.1, 0.15) is 35.2 Å². The van der Waals surface area contributed by atoms with Gasteiger partial charge in [0.25, 0.3) is 5.91 Å². The van der Waals surface area contributed by atoms with Gasteiger partial charge in [0.15, 0.2) is 0 Å². The minimum Gasteiger partial charge on any atom is -0.341 e. The third-order valence-corrected chi connectivity index (χ3v) is 4.94. The summed E-state index contributed by atoms with van der Waals surface area (Å²) in [6.07, 6.45) is 0.833. The number of halogens is 4. The van der Waals surface area contributed by atoms with Crippen LogP contribution in [0, 0.1) is 5.82 Å². The lowest BCUT2D eigenvalue weighted by atomic mass is 9.96. The molecule has 2 aromatic carbocycles. The Morgan fingerprint density at radius 3 is 2.38 bits per heavy atom. The third kappa shape index (κ3) is 4.41. The van der Waals surface area contributed by atoms with Crippen LogP contribution in [0.5, 0.6) is 0 Å². The Labute approximate surface area is 156 Å². The molecule has 2 rings (SSSR count). The summed E-state index contributed by atoms with van der Waals surface area (Å²) in [6.45, 7) is 2.54. The Balaban J connectivity index is 2.15. The highest BCUT2D eigenvalue weighted by Crippen LogP contribution is 2.29. The molecule has 2 nitrogen and oxygen atoms in total. The fraction of sp³-hybridized carbons (Fsp3) is 0.278. The van der Waals surface area contributed by atoms with E-state index in [0.717, 1.165) is 12.0 Å². The molecule has 1 unspecified atom stereocenters. The molecule has 0 aliphatic carbocycles. The molecule has 0 saturated carbocycles. The number of hydrogen-bond acceptors (Lipinski definition) is 1. The Morgan fingerprint density at radius 2 is 1.79 bits per heavy atom. The Bertz CT molecular complexity index is 751. The first kappa shape index (κ1) is 19.0. The fourth-order valence-corrected chi connectivity index (χ4v) is 2.99. The molecule has 6 heteroatoms. The minimum absolute atomic E-state index is 0.0641. The van der Waals surface area contributed by atoms with Crippen LogP contribution >= 0.6 is 34.8 Å². The van der Waals surface area contributed by atoms with Crippen molar-refractivity contribution in [3.05, 3.63) is 68.4 Å². The second-order valence-electron chi connectivity index (χ2n) is 5.59. The first-order valence-corrected chi connectivity index (χ1v) is 8.62. The zero-order chi connectivity index (χ0) is 17.9. The van der Waals surface area contributed by atoms with Gasteiger partial charge >= 0.3 is 0 Å². The molecule has 1 amide bonds. The number of carbonyl (C=O) groups excluding carboxylic acids is 1. The molecule has 0 radical (unpaired) electrons. The van der Waals surface area contributed by atoms with Crippen molar-refractivity contribution in [3.63, 3.8) is 0 Å². The van der Waals surface area contributed by atoms with Crippen molar-refractivity contribution < 1.29 is 9.18 Å². The molecule has 128 valence electrons. The van der Waals surface area contributed by atoms with E-state index in [2.05, 4.69) is 0 Å². The zero-order valence-electron chi connectivity index (χ0n) is 13.3. The molecule has 0 fully saturated rings. The quantitative estimate of drug-likeness (QED) is 0.610. The van der Waals surface area contributed by atoms with E-state index in [0.29, 0.717) is 22.2 Å². The average Bonchev–Trinajstić information content (AvgIpc) is 2.56. The van der Waals surface area contributed by atoms with Crippen LogP contribution < -0.4 is 0 Å². The molecule has 0 aliphatic rings. The number of amides is 1. The summed E-state index contributed by atoms with van der Waals surface area (Å²) in [6, 6.07) is 9.46. The van der Waals surface area contributed by atoms with Gasteiger partial charge in [-0.1, -0.05) is 47.8 Å². The van der Waals surface area contributed by atoms with Crippen molar-refractivity contribution in [1.29, 1.82) is 0 Å². The first-order valence-electron chi connectivity index (χ1n) is 7.49. The largest absolute Gasteiger partial charge is 0.341 e. The highest BCUT2D eigenvalue weighted by Gasteiger charge is 2.19. The van der Waals surface area contributed by atoms with Crippen molar-refractivity contribution >= 4 is 40.7 Å². The molecule has 0 bridgehead atoms. The summed E-state index contributed by atoms with van der Waals surface area (Å²) in [5, 5.41) is 0.929. The molecular formula is C18H17Cl3FNO. The smallest absolute Gasteiger partial charge is 0.253 e. The summed E-state index contributed by atoms with van der Waals surface area (Å²) in [7, 11) is 1.71. The van der Waals surface area contributed by atoms with Gasteiger partial charge in [-0.25, -0.2) is 4.39 Å². The van der Waals surface area contributed by atoms with E-state index in [-0.39, 0.29) is 16.8 Å². The molecule has 0 heterocycles. The summed E-state index contributed by atoms with van der Waals surface area (Å²) in [5.74, 6) is -0.641. The number of carbonyl (C=O) groups is 1.